The van der Waals surface area contributed by atoms with E-state index in [9.17, 15) is 9.59 Å². The molecule has 0 saturated heterocycles. The van der Waals surface area contributed by atoms with Crippen LogP contribution in [-0.2, 0) is 0 Å². The van der Waals surface area contributed by atoms with Crippen LogP contribution in [0, 0.1) is 0 Å². The molecule has 1 heterocycles. The molecule has 5 heteroatoms. The molecule has 3 rings (SSSR count). The zero-order chi connectivity index (χ0) is 30.6. The number of carbonyl (C=O) groups is 2. The molecule has 2 amide bonds. The van der Waals surface area contributed by atoms with Crippen LogP contribution in [0.15, 0.2) is 70.8 Å². The Balaban J connectivity index is 1.93. The molecule has 2 aromatic rings. The molecule has 41 heavy (non-hydrogen) atoms. The fourth-order valence-electron chi connectivity index (χ4n) is 5.48. The molecule has 0 bridgehead atoms. The lowest BCUT2D eigenvalue weighted by atomic mass is 9.88. The van der Waals surface area contributed by atoms with E-state index in [1.807, 2.05) is 38.1 Å². The van der Waals surface area contributed by atoms with Crippen molar-refractivity contribution < 1.29 is 9.59 Å². The molecule has 0 fully saturated rings. The molecule has 2 aromatic carbocycles. The highest BCUT2D eigenvalue weighted by Gasteiger charge is 2.23. The fourth-order valence-corrected chi connectivity index (χ4v) is 5.48. The molecule has 0 radical (unpaired) electrons. The molecular weight excluding hydrogens is 506 g/mol. The maximum absolute atomic E-state index is 13.7. The van der Waals surface area contributed by atoms with Gasteiger partial charge in [0.2, 0.25) is 0 Å². The second-order valence-corrected chi connectivity index (χ2v) is 12.6. The van der Waals surface area contributed by atoms with Crippen LogP contribution in [0.1, 0.15) is 149 Å². The molecular formula is C36H49N3O2. The number of nitrogens with one attached hydrogen (secondary N) is 3. The first-order chi connectivity index (χ1) is 19.2. The van der Waals surface area contributed by atoms with Crippen molar-refractivity contribution in [3.8, 4) is 0 Å². The van der Waals surface area contributed by atoms with Gasteiger partial charge in [0.25, 0.3) is 11.8 Å². The SMILES string of the molecule is CC1=CC(=C(C)NC(=O)c2c(C(C)C)cccc2C(C)C)NC(=C(C)NC(=O)c2c(C(C)C)cccc2C(C)C)C1. The first kappa shape index (κ1) is 31.9. The Morgan fingerprint density at radius 2 is 1.02 bits per heavy atom. The highest BCUT2D eigenvalue weighted by molar-refractivity contribution is 5.99. The van der Waals surface area contributed by atoms with Crippen LogP contribution < -0.4 is 16.0 Å². The molecule has 0 unspecified atom stereocenters. The second kappa shape index (κ2) is 13.4. The number of hydrogen-bond donors (Lipinski definition) is 3. The fraction of sp³-hybridized carbons (Fsp3) is 0.444. The smallest absolute Gasteiger partial charge is 0.256 e. The van der Waals surface area contributed by atoms with E-state index in [1.165, 1.54) is 0 Å². The summed E-state index contributed by atoms with van der Waals surface area (Å²) in [7, 11) is 0. The van der Waals surface area contributed by atoms with Gasteiger partial charge in [0.1, 0.15) is 0 Å². The Labute approximate surface area is 247 Å². The molecule has 5 nitrogen and oxygen atoms in total. The molecule has 1 aliphatic heterocycles. The lowest BCUT2D eigenvalue weighted by Crippen LogP contribution is -2.32. The Hall–Kier alpha value is -3.60. The van der Waals surface area contributed by atoms with Gasteiger partial charge in [-0.1, -0.05) is 97.4 Å². The first-order valence-corrected chi connectivity index (χ1v) is 15.0. The summed E-state index contributed by atoms with van der Waals surface area (Å²) in [6, 6.07) is 12.3. The largest absolute Gasteiger partial charge is 0.356 e. The van der Waals surface area contributed by atoms with Crippen LogP contribution in [-0.4, -0.2) is 11.8 Å². The van der Waals surface area contributed by atoms with Crippen molar-refractivity contribution in [2.75, 3.05) is 0 Å². The number of rotatable bonds is 8. The van der Waals surface area contributed by atoms with Gasteiger partial charge < -0.3 is 16.0 Å². The molecule has 0 saturated carbocycles. The van der Waals surface area contributed by atoms with Crippen LogP contribution in [0.5, 0.6) is 0 Å². The maximum Gasteiger partial charge on any atom is 0.256 e. The summed E-state index contributed by atoms with van der Waals surface area (Å²) in [6.07, 6.45) is 2.75. The van der Waals surface area contributed by atoms with Gasteiger partial charge in [0.15, 0.2) is 0 Å². The number of hydrogen-bond acceptors (Lipinski definition) is 3. The zero-order valence-corrected chi connectivity index (χ0v) is 26.9. The molecule has 3 N–H and O–H groups in total. The predicted octanol–water partition coefficient (Wildman–Crippen LogP) is 8.74. The normalized spacial score (nSPS) is 16.1. The Bertz CT molecular complexity index is 1350. The van der Waals surface area contributed by atoms with Crippen molar-refractivity contribution in [3.63, 3.8) is 0 Å². The Morgan fingerprint density at radius 3 is 1.39 bits per heavy atom. The second-order valence-electron chi connectivity index (χ2n) is 12.6. The average molecular weight is 556 g/mol. The maximum atomic E-state index is 13.7. The Morgan fingerprint density at radius 1 is 0.659 bits per heavy atom. The van der Waals surface area contributed by atoms with Crippen molar-refractivity contribution >= 4 is 11.8 Å². The predicted molar refractivity (Wildman–Crippen MR) is 171 cm³/mol. The van der Waals surface area contributed by atoms with E-state index in [2.05, 4.69) is 96.5 Å². The topological polar surface area (TPSA) is 70.2 Å². The van der Waals surface area contributed by atoms with Gasteiger partial charge in [-0.25, -0.2) is 0 Å². The van der Waals surface area contributed by atoms with Crippen LogP contribution in [0.3, 0.4) is 0 Å². The summed E-state index contributed by atoms with van der Waals surface area (Å²) in [5.41, 5.74) is 10.2. The van der Waals surface area contributed by atoms with Crippen LogP contribution in [0.4, 0.5) is 0 Å². The highest BCUT2D eigenvalue weighted by Crippen LogP contribution is 2.30. The van der Waals surface area contributed by atoms with Crippen molar-refractivity contribution in [2.24, 2.45) is 0 Å². The monoisotopic (exact) mass is 555 g/mol. The molecule has 0 atom stereocenters. The standard InChI is InChI=1S/C36H49N3O2/c1-20(2)27-14-12-15-28(21(3)4)33(27)35(40)37-25(10)31-18-24(9)19-32(39-31)26(11)38-36(41)34-29(22(5)6)16-13-17-30(34)23(7)8/h12-18,20-23,39H,19H2,1-11H3,(H,37,40)(H,38,41). The third-order valence-corrected chi connectivity index (χ3v) is 7.79. The number of carbonyl (C=O) groups excluding carboxylic acids is 2. The Kier molecular flexibility index (Phi) is 10.4. The minimum atomic E-state index is -0.0940. The van der Waals surface area contributed by atoms with Gasteiger partial charge >= 0.3 is 0 Å². The minimum absolute atomic E-state index is 0.0842. The van der Waals surface area contributed by atoms with E-state index in [4.69, 9.17) is 0 Å². The van der Waals surface area contributed by atoms with E-state index < -0.39 is 0 Å². The summed E-state index contributed by atoms with van der Waals surface area (Å²) in [6.45, 7) is 22.9. The van der Waals surface area contributed by atoms with Crippen LogP contribution >= 0.6 is 0 Å². The lowest BCUT2D eigenvalue weighted by Gasteiger charge is -2.25. The number of amides is 2. The summed E-state index contributed by atoms with van der Waals surface area (Å²) >= 11 is 0. The van der Waals surface area contributed by atoms with Crippen molar-refractivity contribution in [1.29, 1.82) is 0 Å². The van der Waals surface area contributed by atoms with E-state index in [-0.39, 0.29) is 35.5 Å². The van der Waals surface area contributed by atoms with E-state index in [0.717, 1.165) is 61.7 Å². The van der Waals surface area contributed by atoms with E-state index in [0.29, 0.717) is 6.42 Å². The highest BCUT2D eigenvalue weighted by atomic mass is 16.2. The van der Waals surface area contributed by atoms with Gasteiger partial charge in [0.05, 0.1) is 5.70 Å². The zero-order valence-electron chi connectivity index (χ0n) is 26.9. The van der Waals surface area contributed by atoms with Crippen LogP contribution in [0.25, 0.3) is 0 Å². The minimum Gasteiger partial charge on any atom is -0.356 e. The molecule has 1 aliphatic rings. The summed E-state index contributed by atoms with van der Waals surface area (Å²) in [4.78, 5) is 27.3. The van der Waals surface area contributed by atoms with E-state index in [1.54, 1.807) is 0 Å². The lowest BCUT2D eigenvalue weighted by molar-refractivity contribution is 0.0955. The molecule has 0 aromatic heterocycles. The van der Waals surface area contributed by atoms with Crippen LogP contribution in [0.2, 0.25) is 0 Å². The molecule has 220 valence electrons. The van der Waals surface area contributed by atoms with Crippen molar-refractivity contribution in [1.82, 2.24) is 16.0 Å². The van der Waals surface area contributed by atoms with Crippen molar-refractivity contribution in [3.05, 3.63) is 104 Å². The third kappa shape index (κ3) is 7.38. The first-order valence-electron chi connectivity index (χ1n) is 15.0. The number of allylic oxidation sites excluding steroid dienone is 4. The summed E-state index contributed by atoms with van der Waals surface area (Å²) in [5, 5.41) is 9.85. The average Bonchev–Trinajstić information content (AvgIpc) is 2.91. The van der Waals surface area contributed by atoms with Gasteiger partial charge in [-0.05, 0) is 72.8 Å². The molecule has 0 spiro atoms. The number of benzene rings is 2. The van der Waals surface area contributed by atoms with Gasteiger partial charge in [-0.3, -0.25) is 9.59 Å². The van der Waals surface area contributed by atoms with Gasteiger partial charge in [0, 0.05) is 34.6 Å². The third-order valence-electron chi connectivity index (χ3n) is 7.79. The van der Waals surface area contributed by atoms with Crippen molar-refractivity contribution in [2.45, 2.75) is 106 Å². The summed E-state index contributed by atoms with van der Waals surface area (Å²) in [5.74, 6) is 0.754. The quantitative estimate of drug-likeness (QED) is 0.305. The summed E-state index contributed by atoms with van der Waals surface area (Å²) < 4.78 is 0. The van der Waals surface area contributed by atoms with Gasteiger partial charge in [-0.15, -0.1) is 0 Å². The molecule has 0 aliphatic carbocycles. The van der Waals surface area contributed by atoms with E-state index >= 15 is 0 Å². The van der Waals surface area contributed by atoms with Gasteiger partial charge in [-0.2, -0.15) is 0 Å².